The second kappa shape index (κ2) is 8.88. The first-order chi connectivity index (χ1) is 10.6. The quantitative estimate of drug-likeness (QED) is 0.433. The number of piperazine rings is 1. The van der Waals surface area contributed by atoms with Crippen LogP contribution in [0.25, 0.3) is 0 Å². The molecule has 0 saturated carbocycles. The first-order valence-corrected chi connectivity index (χ1v) is 8.59. The van der Waals surface area contributed by atoms with Gasteiger partial charge in [0.2, 0.25) is 0 Å². The number of halogens is 3. The Morgan fingerprint density at radius 3 is 2.59 bits per heavy atom. The van der Waals surface area contributed by atoms with Crippen molar-refractivity contribution in [2.75, 3.05) is 26.2 Å². The lowest BCUT2D eigenvalue weighted by molar-refractivity contribution is 0.160. The highest BCUT2D eigenvalue weighted by Crippen LogP contribution is 2.36. The van der Waals surface area contributed by atoms with Crippen molar-refractivity contribution in [3.8, 4) is 0 Å². The number of benzene rings is 1. The normalized spacial score (nSPS) is 17.4. The first-order valence-electron chi connectivity index (χ1n) is 7.84. The Bertz CT molecular complexity index is 502. The van der Waals surface area contributed by atoms with Crippen LogP contribution < -0.4 is 5.32 Å². The monoisotopic (exact) mass is 344 g/mol. The minimum absolute atomic E-state index is 0.0156. The van der Waals surface area contributed by atoms with E-state index in [9.17, 15) is 4.39 Å². The van der Waals surface area contributed by atoms with Crippen LogP contribution in [-0.2, 0) is 0 Å². The van der Waals surface area contributed by atoms with E-state index < -0.39 is 0 Å². The topological polar surface area (TPSA) is 15.3 Å². The summed E-state index contributed by atoms with van der Waals surface area (Å²) in [4.78, 5) is 2.31. The van der Waals surface area contributed by atoms with E-state index >= 15 is 0 Å². The van der Waals surface area contributed by atoms with Crippen LogP contribution in [0.1, 0.15) is 37.3 Å². The number of hydrogen-bond donors (Lipinski definition) is 1. The maximum atomic E-state index is 14.6. The molecule has 1 atom stereocenters. The molecule has 0 amide bonds. The van der Waals surface area contributed by atoms with Crippen LogP contribution in [0.15, 0.2) is 24.8 Å². The number of nitrogens with zero attached hydrogens (tertiary/aromatic N) is 1. The molecule has 0 spiro atoms. The van der Waals surface area contributed by atoms with Gasteiger partial charge in [0.05, 0.1) is 5.02 Å². The third kappa shape index (κ3) is 4.45. The van der Waals surface area contributed by atoms with Crippen molar-refractivity contribution in [2.24, 2.45) is 0 Å². The molecule has 1 aromatic rings. The lowest BCUT2D eigenvalue weighted by atomic mass is 9.97. The highest BCUT2D eigenvalue weighted by molar-refractivity contribution is 6.33. The summed E-state index contributed by atoms with van der Waals surface area (Å²) in [6.45, 7) is 7.38. The molecule has 1 saturated heterocycles. The van der Waals surface area contributed by atoms with Gasteiger partial charge in [0.25, 0.3) is 0 Å². The zero-order valence-corrected chi connectivity index (χ0v) is 14.3. The van der Waals surface area contributed by atoms with E-state index in [0.29, 0.717) is 10.6 Å². The second-order valence-electron chi connectivity index (χ2n) is 5.63. The van der Waals surface area contributed by atoms with Gasteiger partial charge in [-0.2, -0.15) is 0 Å². The standard InChI is InChI=1S/C17H23Cl2FN2/c1-2-3-4-5-6-15(22-11-9-21-10-12-22)16-13(18)7-8-14(19)17(16)20/h2,7-8,15,21H,1,3-6,9-12H2/t15-/m1/s1. The summed E-state index contributed by atoms with van der Waals surface area (Å²) in [6, 6.07) is 3.20. The molecule has 1 aliphatic rings. The van der Waals surface area contributed by atoms with Crippen LogP contribution in [0.2, 0.25) is 10.0 Å². The van der Waals surface area contributed by atoms with Crippen molar-refractivity contribution in [1.82, 2.24) is 10.2 Å². The summed E-state index contributed by atoms with van der Waals surface area (Å²) >= 11 is 12.3. The number of hydrogen-bond acceptors (Lipinski definition) is 2. The van der Waals surface area contributed by atoms with E-state index in [4.69, 9.17) is 23.2 Å². The Morgan fingerprint density at radius 1 is 1.23 bits per heavy atom. The Balaban J connectivity index is 2.22. The molecular formula is C17H23Cl2FN2. The van der Waals surface area contributed by atoms with Crippen LogP contribution in [0.4, 0.5) is 4.39 Å². The molecule has 1 aliphatic heterocycles. The summed E-state index contributed by atoms with van der Waals surface area (Å²) in [6.07, 6.45) is 5.87. The molecule has 122 valence electrons. The SMILES string of the molecule is C=CCCCC[C@H](c1c(Cl)ccc(Cl)c1F)N1CCNCC1. The Kier molecular flexibility index (Phi) is 7.16. The van der Waals surface area contributed by atoms with E-state index in [2.05, 4.69) is 16.8 Å². The fourth-order valence-corrected chi connectivity index (χ4v) is 3.41. The predicted molar refractivity (Wildman–Crippen MR) is 92.3 cm³/mol. The molecular weight excluding hydrogens is 322 g/mol. The van der Waals surface area contributed by atoms with Gasteiger partial charge in [-0.3, -0.25) is 4.90 Å². The number of nitrogens with one attached hydrogen (secondary N) is 1. The molecule has 0 radical (unpaired) electrons. The third-order valence-corrected chi connectivity index (χ3v) is 4.76. The Labute approximate surface area is 142 Å². The maximum absolute atomic E-state index is 14.6. The molecule has 1 aromatic carbocycles. The lowest BCUT2D eigenvalue weighted by Crippen LogP contribution is -2.45. The largest absolute Gasteiger partial charge is 0.314 e. The van der Waals surface area contributed by atoms with Crippen LogP contribution in [0.5, 0.6) is 0 Å². The van der Waals surface area contributed by atoms with Crippen LogP contribution in [0, 0.1) is 5.82 Å². The van der Waals surface area contributed by atoms with E-state index in [1.807, 2.05) is 6.08 Å². The fourth-order valence-electron chi connectivity index (χ4n) is 2.98. The van der Waals surface area contributed by atoms with Gasteiger partial charge in [0, 0.05) is 42.8 Å². The van der Waals surface area contributed by atoms with Crippen molar-refractivity contribution >= 4 is 23.2 Å². The zero-order valence-electron chi connectivity index (χ0n) is 12.8. The van der Waals surface area contributed by atoms with Crippen molar-refractivity contribution in [3.63, 3.8) is 0 Å². The fraction of sp³-hybridized carbons (Fsp3) is 0.529. The summed E-state index contributed by atoms with van der Waals surface area (Å²) in [5.41, 5.74) is 0.551. The number of unbranched alkanes of at least 4 members (excludes halogenated alkanes) is 2. The summed E-state index contributed by atoms with van der Waals surface area (Å²) in [5, 5.41) is 3.94. The van der Waals surface area contributed by atoms with Crippen molar-refractivity contribution < 1.29 is 4.39 Å². The number of rotatable bonds is 7. The molecule has 5 heteroatoms. The third-order valence-electron chi connectivity index (χ3n) is 4.14. The van der Waals surface area contributed by atoms with Crippen LogP contribution in [-0.4, -0.2) is 31.1 Å². The smallest absolute Gasteiger partial charge is 0.148 e. The van der Waals surface area contributed by atoms with E-state index in [1.165, 1.54) is 6.07 Å². The molecule has 1 fully saturated rings. The molecule has 2 nitrogen and oxygen atoms in total. The van der Waals surface area contributed by atoms with Crippen LogP contribution >= 0.6 is 23.2 Å². The highest BCUT2D eigenvalue weighted by atomic mass is 35.5. The molecule has 0 unspecified atom stereocenters. The minimum atomic E-state index is -0.374. The molecule has 2 rings (SSSR count). The van der Waals surface area contributed by atoms with E-state index in [1.54, 1.807) is 6.07 Å². The maximum Gasteiger partial charge on any atom is 0.148 e. The first kappa shape index (κ1) is 17.7. The van der Waals surface area contributed by atoms with Crippen molar-refractivity contribution in [2.45, 2.75) is 31.7 Å². The highest BCUT2D eigenvalue weighted by Gasteiger charge is 2.27. The molecule has 1 heterocycles. The van der Waals surface area contributed by atoms with Gasteiger partial charge >= 0.3 is 0 Å². The lowest BCUT2D eigenvalue weighted by Gasteiger charge is -2.36. The Morgan fingerprint density at radius 2 is 1.91 bits per heavy atom. The van der Waals surface area contributed by atoms with E-state index in [-0.39, 0.29) is 16.9 Å². The molecule has 0 aromatic heterocycles. The molecule has 1 N–H and O–H groups in total. The van der Waals surface area contributed by atoms with Gasteiger partial charge in [-0.05, 0) is 31.4 Å². The minimum Gasteiger partial charge on any atom is -0.314 e. The predicted octanol–water partition coefficient (Wildman–Crippen LogP) is 4.83. The van der Waals surface area contributed by atoms with Crippen molar-refractivity contribution in [3.05, 3.63) is 46.2 Å². The summed E-state index contributed by atoms with van der Waals surface area (Å²) in [5.74, 6) is -0.374. The molecule has 22 heavy (non-hydrogen) atoms. The molecule has 0 aliphatic carbocycles. The zero-order chi connectivity index (χ0) is 15.9. The Hall–Kier alpha value is -0.610. The average molecular weight is 345 g/mol. The van der Waals surface area contributed by atoms with Gasteiger partial charge in [-0.15, -0.1) is 6.58 Å². The average Bonchev–Trinajstić information content (AvgIpc) is 2.54. The van der Waals surface area contributed by atoms with Gasteiger partial charge in [-0.1, -0.05) is 35.7 Å². The number of allylic oxidation sites excluding steroid dienone is 1. The van der Waals surface area contributed by atoms with Gasteiger partial charge < -0.3 is 5.32 Å². The second-order valence-corrected chi connectivity index (χ2v) is 6.45. The van der Waals surface area contributed by atoms with Gasteiger partial charge in [0.15, 0.2) is 0 Å². The molecule has 0 bridgehead atoms. The van der Waals surface area contributed by atoms with E-state index in [0.717, 1.165) is 51.9 Å². The van der Waals surface area contributed by atoms with Gasteiger partial charge in [0.1, 0.15) is 5.82 Å². The van der Waals surface area contributed by atoms with Crippen molar-refractivity contribution in [1.29, 1.82) is 0 Å². The van der Waals surface area contributed by atoms with Crippen LogP contribution in [0.3, 0.4) is 0 Å². The summed E-state index contributed by atoms with van der Waals surface area (Å²) in [7, 11) is 0. The summed E-state index contributed by atoms with van der Waals surface area (Å²) < 4.78 is 14.6. The van der Waals surface area contributed by atoms with Gasteiger partial charge in [-0.25, -0.2) is 4.39 Å².